The number of hydrogen-bond donors (Lipinski definition) is 2. The molecule has 1 aliphatic rings. The SMILES string of the molecule is CC(C)(C)OC(=O)c1cc2c([nH]1)CCCNC2. The molecular formula is C13H20N2O2. The molecule has 94 valence electrons. The van der Waals surface area contributed by atoms with E-state index in [9.17, 15) is 4.79 Å². The van der Waals surface area contributed by atoms with E-state index in [1.54, 1.807) is 0 Å². The first-order valence-electron chi connectivity index (χ1n) is 6.10. The molecule has 0 unspecified atom stereocenters. The van der Waals surface area contributed by atoms with Gasteiger partial charge < -0.3 is 15.0 Å². The Bertz CT molecular complexity index is 392. The molecule has 1 aromatic rings. The molecule has 1 aliphatic heterocycles. The number of carbonyl (C=O) groups excluding carboxylic acids is 1. The second-order valence-corrected chi connectivity index (χ2v) is 5.47. The van der Waals surface area contributed by atoms with E-state index in [2.05, 4.69) is 10.3 Å². The van der Waals surface area contributed by atoms with E-state index in [4.69, 9.17) is 4.74 Å². The zero-order valence-corrected chi connectivity index (χ0v) is 10.7. The summed E-state index contributed by atoms with van der Waals surface area (Å²) in [5.41, 5.74) is 2.46. The number of rotatable bonds is 1. The molecule has 0 spiro atoms. The number of aromatic amines is 1. The van der Waals surface area contributed by atoms with Gasteiger partial charge in [0.15, 0.2) is 0 Å². The van der Waals surface area contributed by atoms with Crippen LogP contribution in [0, 0.1) is 0 Å². The second-order valence-electron chi connectivity index (χ2n) is 5.47. The van der Waals surface area contributed by atoms with Crippen molar-refractivity contribution in [2.45, 2.75) is 45.8 Å². The van der Waals surface area contributed by atoms with Gasteiger partial charge in [-0.05, 0) is 51.8 Å². The molecule has 17 heavy (non-hydrogen) atoms. The summed E-state index contributed by atoms with van der Waals surface area (Å²) in [6, 6.07) is 1.90. The number of ether oxygens (including phenoxy) is 1. The van der Waals surface area contributed by atoms with Gasteiger partial charge in [0.25, 0.3) is 0 Å². The van der Waals surface area contributed by atoms with Crippen LogP contribution in [0.4, 0.5) is 0 Å². The Morgan fingerprint density at radius 1 is 1.41 bits per heavy atom. The van der Waals surface area contributed by atoms with Gasteiger partial charge in [0, 0.05) is 12.2 Å². The van der Waals surface area contributed by atoms with Gasteiger partial charge in [-0.2, -0.15) is 0 Å². The van der Waals surface area contributed by atoms with Gasteiger partial charge in [-0.15, -0.1) is 0 Å². The average molecular weight is 236 g/mol. The van der Waals surface area contributed by atoms with Crippen molar-refractivity contribution in [1.82, 2.24) is 10.3 Å². The van der Waals surface area contributed by atoms with Crippen LogP contribution < -0.4 is 5.32 Å². The van der Waals surface area contributed by atoms with E-state index in [1.807, 2.05) is 26.8 Å². The molecule has 1 aromatic heterocycles. The van der Waals surface area contributed by atoms with Crippen LogP contribution in [0.2, 0.25) is 0 Å². The van der Waals surface area contributed by atoms with Gasteiger partial charge in [0.05, 0.1) is 0 Å². The highest BCUT2D eigenvalue weighted by molar-refractivity contribution is 5.88. The number of nitrogens with one attached hydrogen (secondary N) is 2. The highest BCUT2D eigenvalue weighted by Gasteiger charge is 2.21. The van der Waals surface area contributed by atoms with E-state index >= 15 is 0 Å². The summed E-state index contributed by atoms with van der Waals surface area (Å²) in [4.78, 5) is 15.1. The quantitative estimate of drug-likeness (QED) is 0.733. The fourth-order valence-electron chi connectivity index (χ4n) is 1.98. The molecule has 0 radical (unpaired) electrons. The van der Waals surface area contributed by atoms with Crippen LogP contribution in [0.25, 0.3) is 0 Å². The zero-order valence-electron chi connectivity index (χ0n) is 10.7. The minimum absolute atomic E-state index is 0.273. The number of carbonyl (C=O) groups is 1. The zero-order chi connectivity index (χ0) is 12.5. The predicted molar refractivity (Wildman–Crippen MR) is 66.0 cm³/mol. The Morgan fingerprint density at radius 3 is 2.88 bits per heavy atom. The molecule has 0 saturated heterocycles. The van der Waals surface area contributed by atoms with Gasteiger partial charge in [-0.3, -0.25) is 0 Å². The summed E-state index contributed by atoms with van der Waals surface area (Å²) in [5, 5.41) is 3.33. The van der Waals surface area contributed by atoms with Crippen molar-refractivity contribution < 1.29 is 9.53 Å². The van der Waals surface area contributed by atoms with Crippen molar-refractivity contribution in [3.8, 4) is 0 Å². The van der Waals surface area contributed by atoms with Crippen molar-refractivity contribution in [1.29, 1.82) is 0 Å². The van der Waals surface area contributed by atoms with Crippen molar-refractivity contribution in [2.75, 3.05) is 6.54 Å². The summed E-state index contributed by atoms with van der Waals surface area (Å²) < 4.78 is 5.34. The Balaban J connectivity index is 2.15. The van der Waals surface area contributed by atoms with E-state index < -0.39 is 5.60 Å². The summed E-state index contributed by atoms with van der Waals surface area (Å²) in [6.45, 7) is 7.49. The van der Waals surface area contributed by atoms with E-state index in [-0.39, 0.29) is 5.97 Å². The minimum atomic E-state index is -0.447. The molecule has 4 heteroatoms. The monoisotopic (exact) mass is 236 g/mol. The van der Waals surface area contributed by atoms with E-state index in [0.29, 0.717) is 5.69 Å². The number of aryl methyl sites for hydroxylation is 1. The molecule has 0 atom stereocenters. The first-order valence-corrected chi connectivity index (χ1v) is 6.10. The highest BCUT2D eigenvalue weighted by atomic mass is 16.6. The number of aromatic nitrogens is 1. The topological polar surface area (TPSA) is 54.1 Å². The molecule has 0 aromatic carbocycles. The Hall–Kier alpha value is -1.29. The Kier molecular flexibility index (Phi) is 3.24. The Morgan fingerprint density at radius 2 is 2.18 bits per heavy atom. The molecule has 0 fully saturated rings. The number of esters is 1. The number of fused-ring (bicyclic) bond motifs is 1. The smallest absolute Gasteiger partial charge is 0.355 e. The maximum absolute atomic E-state index is 11.9. The lowest BCUT2D eigenvalue weighted by molar-refractivity contribution is 0.00634. The van der Waals surface area contributed by atoms with E-state index in [0.717, 1.165) is 31.6 Å². The fourth-order valence-corrected chi connectivity index (χ4v) is 1.98. The third-order valence-electron chi connectivity index (χ3n) is 2.71. The Labute approximate surface area is 102 Å². The highest BCUT2D eigenvalue weighted by Crippen LogP contribution is 2.18. The standard InChI is InChI=1S/C13H20N2O2/c1-13(2,3)17-12(16)11-7-9-8-14-6-4-5-10(9)15-11/h7,14-15H,4-6,8H2,1-3H3. The molecular weight excluding hydrogens is 216 g/mol. The molecule has 0 amide bonds. The summed E-state index contributed by atoms with van der Waals surface area (Å²) >= 11 is 0. The lowest BCUT2D eigenvalue weighted by atomic mass is 10.2. The maximum Gasteiger partial charge on any atom is 0.355 e. The molecule has 2 N–H and O–H groups in total. The minimum Gasteiger partial charge on any atom is -0.455 e. The lowest BCUT2D eigenvalue weighted by Gasteiger charge is -2.18. The molecule has 4 nitrogen and oxygen atoms in total. The van der Waals surface area contributed by atoms with Crippen LogP contribution in [0.3, 0.4) is 0 Å². The summed E-state index contributed by atoms with van der Waals surface area (Å²) in [6.07, 6.45) is 2.09. The summed E-state index contributed by atoms with van der Waals surface area (Å²) in [7, 11) is 0. The fraction of sp³-hybridized carbons (Fsp3) is 0.615. The van der Waals surface area contributed by atoms with Gasteiger partial charge in [0.2, 0.25) is 0 Å². The van der Waals surface area contributed by atoms with Crippen LogP contribution >= 0.6 is 0 Å². The molecule has 2 heterocycles. The number of hydrogen-bond acceptors (Lipinski definition) is 3. The lowest BCUT2D eigenvalue weighted by Crippen LogP contribution is -2.24. The van der Waals surface area contributed by atoms with Crippen molar-refractivity contribution >= 4 is 5.97 Å². The van der Waals surface area contributed by atoms with Crippen molar-refractivity contribution in [3.63, 3.8) is 0 Å². The van der Waals surface area contributed by atoms with Crippen molar-refractivity contribution in [2.24, 2.45) is 0 Å². The van der Waals surface area contributed by atoms with Gasteiger partial charge in [-0.1, -0.05) is 0 Å². The summed E-state index contributed by atoms with van der Waals surface area (Å²) in [5.74, 6) is -0.273. The van der Waals surface area contributed by atoms with Gasteiger partial charge >= 0.3 is 5.97 Å². The predicted octanol–water partition coefficient (Wildman–Crippen LogP) is 2.01. The largest absolute Gasteiger partial charge is 0.455 e. The van der Waals surface area contributed by atoms with Crippen LogP contribution in [-0.4, -0.2) is 23.1 Å². The third-order valence-corrected chi connectivity index (χ3v) is 2.71. The maximum atomic E-state index is 11.9. The van der Waals surface area contributed by atoms with Gasteiger partial charge in [0.1, 0.15) is 11.3 Å². The molecule has 0 bridgehead atoms. The average Bonchev–Trinajstić information content (AvgIpc) is 2.48. The van der Waals surface area contributed by atoms with Crippen LogP contribution in [-0.2, 0) is 17.7 Å². The van der Waals surface area contributed by atoms with Crippen LogP contribution in [0.5, 0.6) is 0 Å². The van der Waals surface area contributed by atoms with Gasteiger partial charge in [-0.25, -0.2) is 4.79 Å². The van der Waals surface area contributed by atoms with Crippen LogP contribution in [0.15, 0.2) is 6.07 Å². The molecule has 0 saturated carbocycles. The first-order chi connectivity index (χ1) is 7.96. The first kappa shape index (κ1) is 12.2. The van der Waals surface area contributed by atoms with E-state index in [1.165, 1.54) is 5.56 Å². The van der Waals surface area contributed by atoms with Crippen molar-refractivity contribution in [3.05, 3.63) is 23.0 Å². The molecule has 2 rings (SSSR count). The number of H-pyrrole nitrogens is 1. The normalized spacial score (nSPS) is 16.2. The van der Waals surface area contributed by atoms with Crippen LogP contribution in [0.1, 0.15) is 48.9 Å². The third kappa shape index (κ3) is 3.09. The molecule has 0 aliphatic carbocycles. The second kappa shape index (κ2) is 4.53.